The van der Waals surface area contributed by atoms with Crippen LogP contribution in [0.2, 0.25) is 5.02 Å². The molecule has 0 unspecified atom stereocenters. The van der Waals surface area contributed by atoms with Gasteiger partial charge in [0.2, 0.25) is 0 Å². The predicted molar refractivity (Wildman–Crippen MR) is 86.4 cm³/mol. The highest BCUT2D eigenvalue weighted by atomic mass is 35.5. The van der Waals surface area contributed by atoms with Crippen molar-refractivity contribution in [3.63, 3.8) is 0 Å². The predicted octanol–water partition coefficient (Wildman–Crippen LogP) is 0.656. The fourth-order valence-electron chi connectivity index (χ4n) is 3.40. The molecule has 0 amide bonds. The minimum Gasteiger partial charge on any atom is -0.550 e. The van der Waals surface area contributed by atoms with Crippen molar-refractivity contribution in [3.8, 4) is 0 Å². The molecule has 0 aliphatic carbocycles. The number of likely N-dealkylation sites (tertiary alicyclic amines) is 1. The van der Waals surface area contributed by atoms with Crippen molar-refractivity contribution in [3.05, 3.63) is 34.7 Å². The van der Waals surface area contributed by atoms with Gasteiger partial charge in [0.1, 0.15) is 17.9 Å². The number of rotatable bonds is 4. The molecular formula is C17H22ClN3O2. The maximum Gasteiger partial charge on any atom is 0.137 e. The van der Waals surface area contributed by atoms with E-state index in [4.69, 9.17) is 16.6 Å². The Kier molecular flexibility index (Phi) is 4.60. The Morgan fingerprint density at radius 1 is 1.43 bits per heavy atom. The molecule has 1 saturated heterocycles. The number of carbonyl (C=O) groups excluding carboxylic acids is 1. The molecule has 23 heavy (non-hydrogen) atoms. The quantitative estimate of drug-likeness (QED) is 0.892. The molecule has 1 aliphatic heterocycles. The molecule has 0 bridgehead atoms. The van der Waals surface area contributed by atoms with Gasteiger partial charge in [0.25, 0.3) is 0 Å². The van der Waals surface area contributed by atoms with Crippen molar-refractivity contribution in [1.29, 1.82) is 0 Å². The zero-order valence-electron chi connectivity index (χ0n) is 13.5. The molecule has 0 aromatic carbocycles. The summed E-state index contributed by atoms with van der Waals surface area (Å²) >= 11 is 6.15. The number of imidazole rings is 1. The molecule has 5 nitrogen and oxygen atoms in total. The zero-order chi connectivity index (χ0) is 16.6. The first-order chi connectivity index (χ1) is 11.0. The first-order valence-corrected chi connectivity index (χ1v) is 8.54. The molecule has 1 N–H and O–H groups in total. The molecule has 0 radical (unpaired) electrons. The third-order valence-electron chi connectivity index (χ3n) is 4.70. The molecule has 124 valence electrons. The molecule has 0 atom stereocenters. The van der Waals surface area contributed by atoms with Crippen LogP contribution < -0.4 is 10.0 Å². The van der Waals surface area contributed by atoms with Gasteiger partial charge >= 0.3 is 0 Å². The fourth-order valence-corrected chi connectivity index (χ4v) is 3.56. The largest absolute Gasteiger partial charge is 0.550 e. The summed E-state index contributed by atoms with van der Waals surface area (Å²) in [6.45, 7) is 6.83. The number of piperidine rings is 1. The van der Waals surface area contributed by atoms with Crippen LogP contribution in [0, 0.1) is 5.92 Å². The van der Waals surface area contributed by atoms with Gasteiger partial charge in [0.05, 0.1) is 23.8 Å². The highest BCUT2D eigenvalue weighted by Crippen LogP contribution is 2.22. The van der Waals surface area contributed by atoms with Gasteiger partial charge in [-0.2, -0.15) is 0 Å². The van der Waals surface area contributed by atoms with Gasteiger partial charge in [-0.05, 0) is 18.1 Å². The van der Waals surface area contributed by atoms with E-state index in [2.05, 4.69) is 18.2 Å². The normalized spacial score (nSPS) is 21.9. The van der Waals surface area contributed by atoms with Gasteiger partial charge < -0.3 is 14.8 Å². The van der Waals surface area contributed by atoms with Crippen LogP contribution in [-0.4, -0.2) is 28.4 Å². The summed E-state index contributed by atoms with van der Waals surface area (Å²) in [7, 11) is 0. The van der Waals surface area contributed by atoms with Gasteiger partial charge in [-0.1, -0.05) is 25.4 Å². The lowest BCUT2D eigenvalue weighted by molar-refractivity contribution is -0.919. The van der Waals surface area contributed by atoms with Crippen molar-refractivity contribution in [2.45, 2.75) is 39.2 Å². The second kappa shape index (κ2) is 6.49. The lowest BCUT2D eigenvalue weighted by atomic mass is 9.97. The number of carboxylic acid groups (broad SMARTS) is 1. The summed E-state index contributed by atoms with van der Waals surface area (Å²) in [6, 6.07) is 3.80. The maximum absolute atomic E-state index is 11.0. The molecule has 0 spiro atoms. The number of fused-ring (bicyclic) bond motifs is 1. The zero-order valence-corrected chi connectivity index (χ0v) is 14.3. The van der Waals surface area contributed by atoms with Crippen LogP contribution in [0.15, 0.2) is 18.3 Å². The molecule has 2 aromatic heterocycles. The standard InChI is InChI=1S/C17H22ClN3O2/c1-11(2)16-14(21-9-13(18)3-4-15(21)19-16)10-20-7-5-12(6-8-20)17(22)23/h3-4,9,11-12H,5-8,10H2,1-2H3,(H,22,23). The summed E-state index contributed by atoms with van der Waals surface area (Å²) in [5.41, 5.74) is 3.19. The molecule has 3 heterocycles. The Morgan fingerprint density at radius 2 is 2.13 bits per heavy atom. The number of nitrogens with one attached hydrogen (secondary N) is 1. The molecular weight excluding hydrogens is 314 g/mol. The van der Waals surface area contributed by atoms with E-state index >= 15 is 0 Å². The molecule has 1 aliphatic rings. The summed E-state index contributed by atoms with van der Waals surface area (Å²) in [4.78, 5) is 17.1. The van der Waals surface area contributed by atoms with Crippen molar-refractivity contribution < 1.29 is 14.8 Å². The third kappa shape index (κ3) is 3.35. The van der Waals surface area contributed by atoms with E-state index in [1.54, 1.807) is 0 Å². The van der Waals surface area contributed by atoms with Crippen molar-refractivity contribution in [2.75, 3.05) is 13.1 Å². The van der Waals surface area contributed by atoms with Gasteiger partial charge in [-0.3, -0.25) is 4.40 Å². The third-order valence-corrected chi connectivity index (χ3v) is 4.93. The summed E-state index contributed by atoms with van der Waals surface area (Å²) in [5, 5.41) is 11.7. The highest BCUT2D eigenvalue weighted by molar-refractivity contribution is 6.30. The van der Waals surface area contributed by atoms with E-state index in [9.17, 15) is 9.90 Å². The summed E-state index contributed by atoms with van der Waals surface area (Å²) in [5.74, 6) is -0.864. The number of pyridine rings is 1. The number of nitrogens with zero attached hydrogens (tertiary/aromatic N) is 2. The Bertz CT molecular complexity index is 718. The number of hydrogen-bond acceptors (Lipinski definition) is 3. The number of carbonyl (C=O) groups is 1. The smallest absolute Gasteiger partial charge is 0.137 e. The maximum atomic E-state index is 11.0. The Hall–Kier alpha value is -1.59. The molecule has 2 aromatic rings. The molecule has 6 heteroatoms. The number of quaternary nitrogens is 1. The van der Waals surface area contributed by atoms with Crippen LogP contribution in [0.25, 0.3) is 5.65 Å². The topological polar surface area (TPSA) is 61.9 Å². The average Bonchev–Trinajstić information content (AvgIpc) is 2.86. The lowest BCUT2D eigenvalue weighted by Gasteiger charge is -2.29. The van der Waals surface area contributed by atoms with Crippen molar-refractivity contribution in [1.82, 2.24) is 9.38 Å². The molecule has 3 rings (SSSR count). The van der Waals surface area contributed by atoms with Gasteiger partial charge in [-0.25, -0.2) is 4.98 Å². The van der Waals surface area contributed by atoms with E-state index in [0.717, 1.165) is 31.0 Å². The van der Waals surface area contributed by atoms with E-state index in [1.807, 2.05) is 18.3 Å². The Balaban J connectivity index is 1.86. The minimum atomic E-state index is -0.909. The van der Waals surface area contributed by atoms with E-state index in [1.165, 1.54) is 10.6 Å². The second-order valence-corrected chi connectivity index (χ2v) is 7.13. The monoisotopic (exact) mass is 335 g/mol. The Morgan fingerprint density at radius 3 is 2.74 bits per heavy atom. The van der Waals surface area contributed by atoms with Gasteiger partial charge in [-0.15, -0.1) is 0 Å². The van der Waals surface area contributed by atoms with Crippen LogP contribution >= 0.6 is 11.6 Å². The van der Waals surface area contributed by atoms with E-state index in [-0.39, 0.29) is 5.92 Å². The molecule has 1 fully saturated rings. The number of aromatic nitrogens is 2. The second-order valence-electron chi connectivity index (χ2n) is 6.69. The number of hydrogen-bond donors (Lipinski definition) is 1. The van der Waals surface area contributed by atoms with Crippen LogP contribution in [-0.2, 0) is 11.3 Å². The van der Waals surface area contributed by atoms with E-state index in [0.29, 0.717) is 23.8 Å². The lowest BCUT2D eigenvalue weighted by Crippen LogP contribution is -3.12. The highest BCUT2D eigenvalue weighted by Gasteiger charge is 2.26. The van der Waals surface area contributed by atoms with E-state index < -0.39 is 5.97 Å². The summed E-state index contributed by atoms with van der Waals surface area (Å²) < 4.78 is 2.08. The number of carboxylic acids is 1. The van der Waals surface area contributed by atoms with Gasteiger partial charge in [0, 0.05) is 30.9 Å². The van der Waals surface area contributed by atoms with Crippen molar-refractivity contribution in [2.24, 2.45) is 5.92 Å². The van der Waals surface area contributed by atoms with Crippen LogP contribution in [0.4, 0.5) is 0 Å². The van der Waals surface area contributed by atoms with Gasteiger partial charge in [0.15, 0.2) is 0 Å². The van der Waals surface area contributed by atoms with Crippen LogP contribution in [0.1, 0.15) is 44.0 Å². The first kappa shape index (κ1) is 16.3. The summed E-state index contributed by atoms with van der Waals surface area (Å²) in [6.07, 6.45) is 3.29. The van der Waals surface area contributed by atoms with Crippen LogP contribution in [0.3, 0.4) is 0 Å². The average molecular weight is 336 g/mol. The Labute approximate surface area is 140 Å². The number of aliphatic carboxylic acids is 1. The van der Waals surface area contributed by atoms with Crippen molar-refractivity contribution >= 4 is 23.2 Å². The number of halogens is 1. The molecule has 0 saturated carbocycles. The first-order valence-electron chi connectivity index (χ1n) is 8.16. The van der Waals surface area contributed by atoms with Crippen LogP contribution in [0.5, 0.6) is 0 Å². The minimum absolute atomic E-state index is 0.292. The fraction of sp³-hybridized carbons (Fsp3) is 0.529. The SMILES string of the molecule is CC(C)c1nc2ccc(Cl)cn2c1C[NH+]1CCC(C(=O)[O-])CC1.